The van der Waals surface area contributed by atoms with Gasteiger partial charge in [-0.3, -0.25) is 10.1 Å². The Morgan fingerprint density at radius 3 is 2.46 bits per heavy atom. The van der Waals surface area contributed by atoms with E-state index in [0.29, 0.717) is 23.5 Å². The molecule has 0 saturated carbocycles. The molecule has 1 aromatic rings. The van der Waals surface area contributed by atoms with Gasteiger partial charge in [0.15, 0.2) is 10.0 Å². The predicted octanol–water partition coefficient (Wildman–Crippen LogP) is 1.55. The molecule has 24 heavy (non-hydrogen) atoms. The molecule has 0 aromatic carbocycles. The molecule has 132 valence electrons. The molecule has 1 fully saturated rings. The lowest BCUT2D eigenvalue weighted by Gasteiger charge is -2.23. The van der Waals surface area contributed by atoms with Gasteiger partial charge < -0.3 is 16.0 Å². The molecule has 1 aliphatic rings. The maximum absolute atomic E-state index is 12.2. The first-order valence-electron chi connectivity index (χ1n) is 8.03. The van der Waals surface area contributed by atoms with E-state index >= 15 is 0 Å². The molecule has 0 spiro atoms. The molecular formula is C14H23N7O2S. The number of hydrogen-bond donors (Lipinski definition) is 4. The highest BCUT2D eigenvalue weighted by Crippen LogP contribution is 2.35. The van der Waals surface area contributed by atoms with Gasteiger partial charge in [0.25, 0.3) is 5.91 Å². The third kappa shape index (κ3) is 4.25. The van der Waals surface area contributed by atoms with Crippen LogP contribution in [0.25, 0.3) is 0 Å². The van der Waals surface area contributed by atoms with E-state index in [1.807, 2.05) is 6.92 Å². The van der Waals surface area contributed by atoms with Gasteiger partial charge in [-0.05, 0) is 24.6 Å². The maximum Gasteiger partial charge on any atom is 0.323 e. The zero-order valence-corrected chi connectivity index (χ0v) is 14.9. The van der Waals surface area contributed by atoms with Gasteiger partial charge >= 0.3 is 6.03 Å². The van der Waals surface area contributed by atoms with Crippen LogP contribution < -0.4 is 21.3 Å². The van der Waals surface area contributed by atoms with E-state index in [9.17, 15) is 9.59 Å². The normalized spacial score (nSPS) is 19.8. The van der Waals surface area contributed by atoms with Gasteiger partial charge in [-0.15, -0.1) is 0 Å². The molecule has 1 atom stereocenters. The zero-order chi connectivity index (χ0) is 17.6. The van der Waals surface area contributed by atoms with E-state index in [1.54, 1.807) is 7.05 Å². The van der Waals surface area contributed by atoms with Crippen molar-refractivity contribution in [3.8, 4) is 0 Å². The molecule has 1 unspecified atom stereocenters. The van der Waals surface area contributed by atoms with Gasteiger partial charge in [0.2, 0.25) is 11.9 Å². The molecule has 1 aromatic heterocycles. The van der Waals surface area contributed by atoms with Crippen LogP contribution in [0.2, 0.25) is 0 Å². The number of amides is 3. The van der Waals surface area contributed by atoms with Gasteiger partial charge in [-0.25, -0.2) is 4.79 Å². The second-order valence-corrected chi connectivity index (χ2v) is 6.65. The van der Waals surface area contributed by atoms with Crippen molar-refractivity contribution in [2.24, 2.45) is 0 Å². The van der Waals surface area contributed by atoms with Gasteiger partial charge in [0.05, 0.1) is 0 Å². The Balaban J connectivity index is 2.24. The van der Waals surface area contributed by atoms with Gasteiger partial charge in [0, 0.05) is 13.6 Å². The first-order valence-corrected chi connectivity index (χ1v) is 8.85. The van der Waals surface area contributed by atoms with E-state index < -0.39 is 10.9 Å². The minimum absolute atomic E-state index is 0.369. The summed E-state index contributed by atoms with van der Waals surface area (Å²) in [6.45, 7) is 4.81. The topological polar surface area (TPSA) is 121 Å². The molecule has 0 bridgehead atoms. The zero-order valence-electron chi connectivity index (χ0n) is 14.1. The van der Waals surface area contributed by atoms with Crippen molar-refractivity contribution in [1.29, 1.82) is 0 Å². The van der Waals surface area contributed by atoms with Crippen molar-refractivity contribution in [1.82, 2.24) is 25.6 Å². The Hall–Kier alpha value is -2.10. The monoisotopic (exact) mass is 353 g/mol. The molecule has 2 heterocycles. The number of unbranched alkanes of at least 4 members (excludes halogenated alkanes) is 1. The molecule has 10 heteroatoms. The Morgan fingerprint density at radius 2 is 1.88 bits per heavy atom. The summed E-state index contributed by atoms with van der Waals surface area (Å²) < 4.78 is 0. The lowest BCUT2D eigenvalue weighted by Crippen LogP contribution is -2.43. The van der Waals surface area contributed by atoms with E-state index in [2.05, 4.69) is 43.1 Å². The Bertz CT molecular complexity index is 613. The summed E-state index contributed by atoms with van der Waals surface area (Å²) in [5.41, 5.74) is 0. The molecule has 0 aliphatic carbocycles. The van der Waals surface area contributed by atoms with Crippen LogP contribution in [0.1, 0.15) is 39.5 Å². The summed E-state index contributed by atoms with van der Waals surface area (Å²) in [5, 5.41) is 11.4. The summed E-state index contributed by atoms with van der Waals surface area (Å²) in [5.74, 6) is 0.482. The average molecular weight is 353 g/mol. The first kappa shape index (κ1) is 18.2. The van der Waals surface area contributed by atoms with Crippen LogP contribution in [0.5, 0.6) is 0 Å². The van der Waals surface area contributed by atoms with Gasteiger partial charge in [-0.1, -0.05) is 26.7 Å². The number of rotatable bonds is 9. The molecule has 3 amide bonds. The number of anilines is 2. The molecule has 2 rings (SSSR count). The molecule has 4 N–H and O–H groups in total. The average Bonchev–Trinajstić information content (AvgIpc) is 2.81. The summed E-state index contributed by atoms with van der Waals surface area (Å²) in [6, 6.07) is -0.495. The number of nitrogens with one attached hydrogen (secondary N) is 4. The highest BCUT2D eigenvalue weighted by Gasteiger charge is 2.47. The van der Waals surface area contributed by atoms with E-state index in [-0.39, 0.29) is 5.91 Å². The lowest BCUT2D eigenvalue weighted by molar-refractivity contribution is -0.121. The maximum atomic E-state index is 12.2. The molecular weight excluding hydrogens is 330 g/mol. The Kier molecular flexibility index (Phi) is 6.18. The number of urea groups is 1. The predicted molar refractivity (Wildman–Crippen MR) is 92.9 cm³/mol. The number of nitrogens with zero attached hydrogens (tertiary/aromatic N) is 3. The van der Waals surface area contributed by atoms with Crippen LogP contribution in [0, 0.1) is 0 Å². The van der Waals surface area contributed by atoms with Crippen LogP contribution in [-0.2, 0) is 4.79 Å². The second kappa shape index (κ2) is 8.13. The summed E-state index contributed by atoms with van der Waals surface area (Å²) >= 11 is 1.13. The Labute approximate surface area is 145 Å². The number of carbonyl (C=O) groups excluding carboxylic acids is 2. The SMILES string of the molecule is CCCCNc1nc(NC)nc(SC2(CCC)NC(=O)NC2=O)n1. The largest absolute Gasteiger partial charge is 0.357 e. The fraction of sp³-hybridized carbons (Fsp3) is 0.643. The molecule has 1 saturated heterocycles. The highest BCUT2D eigenvalue weighted by atomic mass is 32.2. The van der Waals surface area contributed by atoms with Crippen molar-refractivity contribution < 1.29 is 9.59 Å². The first-order chi connectivity index (χ1) is 11.5. The van der Waals surface area contributed by atoms with E-state index in [0.717, 1.165) is 37.6 Å². The number of imide groups is 1. The summed E-state index contributed by atoms with van der Waals surface area (Å²) in [7, 11) is 1.71. The van der Waals surface area contributed by atoms with Crippen LogP contribution in [0.4, 0.5) is 16.7 Å². The number of carbonyl (C=O) groups is 2. The quantitative estimate of drug-likeness (QED) is 0.390. The van der Waals surface area contributed by atoms with E-state index in [4.69, 9.17) is 0 Å². The standard InChI is InChI=1S/C14H23N7O2S/c1-4-6-8-16-11-18-10(15-3)19-13(20-11)24-14(7-5-2)9(22)17-12(23)21-14/h4-8H2,1-3H3,(H2,17,21,22,23)(H2,15,16,18,19,20). The van der Waals surface area contributed by atoms with E-state index in [1.165, 1.54) is 0 Å². The third-order valence-corrected chi connectivity index (χ3v) is 4.63. The third-order valence-electron chi connectivity index (χ3n) is 3.43. The minimum atomic E-state index is -1.08. The van der Waals surface area contributed by atoms with Gasteiger partial charge in [-0.2, -0.15) is 15.0 Å². The van der Waals surface area contributed by atoms with Crippen LogP contribution in [0.3, 0.4) is 0 Å². The lowest BCUT2D eigenvalue weighted by atomic mass is 10.1. The minimum Gasteiger partial charge on any atom is -0.357 e. The fourth-order valence-corrected chi connectivity index (χ4v) is 3.42. The van der Waals surface area contributed by atoms with Crippen LogP contribution >= 0.6 is 11.8 Å². The highest BCUT2D eigenvalue weighted by molar-refractivity contribution is 8.01. The van der Waals surface area contributed by atoms with Crippen LogP contribution in [0.15, 0.2) is 5.16 Å². The van der Waals surface area contributed by atoms with Crippen molar-refractivity contribution in [2.75, 3.05) is 24.2 Å². The van der Waals surface area contributed by atoms with Crippen molar-refractivity contribution >= 4 is 35.6 Å². The van der Waals surface area contributed by atoms with Gasteiger partial charge in [0.1, 0.15) is 0 Å². The van der Waals surface area contributed by atoms with Crippen LogP contribution in [-0.4, -0.2) is 45.4 Å². The summed E-state index contributed by atoms with van der Waals surface area (Å²) in [6.07, 6.45) is 3.27. The Morgan fingerprint density at radius 1 is 1.12 bits per heavy atom. The summed E-state index contributed by atoms with van der Waals surface area (Å²) in [4.78, 5) is 35.6. The molecule has 1 aliphatic heterocycles. The van der Waals surface area contributed by atoms with Crippen molar-refractivity contribution in [2.45, 2.75) is 49.6 Å². The number of aromatic nitrogens is 3. The fourth-order valence-electron chi connectivity index (χ4n) is 2.25. The van der Waals surface area contributed by atoms with Crippen molar-refractivity contribution in [3.63, 3.8) is 0 Å². The molecule has 9 nitrogen and oxygen atoms in total. The smallest absolute Gasteiger partial charge is 0.323 e. The van der Waals surface area contributed by atoms with Crippen molar-refractivity contribution in [3.05, 3.63) is 0 Å². The molecule has 0 radical (unpaired) electrons. The number of hydrogen-bond acceptors (Lipinski definition) is 8. The number of thioether (sulfide) groups is 1. The second-order valence-electron chi connectivity index (χ2n) is 5.38.